The molecule has 1 saturated heterocycles. The second kappa shape index (κ2) is 9.78. The summed E-state index contributed by atoms with van der Waals surface area (Å²) in [6, 6.07) is 0. The van der Waals surface area contributed by atoms with Crippen molar-refractivity contribution in [3.8, 4) is 0 Å². The number of carbonyl (C=O) groups excluding carboxylic acids is 2. The summed E-state index contributed by atoms with van der Waals surface area (Å²) in [4.78, 5) is 20.1. The molecule has 1 fully saturated rings. The van der Waals surface area contributed by atoms with Crippen molar-refractivity contribution >= 4 is 37.1 Å². The second-order valence-electron chi connectivity index (χ2n) is 2.13. The minimum absolute atomic E-state index is 0. The van der Waals surface area contributed by atoms with Gasteiger partial charge in [0.05, 0.1) is 16.8 Å². The van der Waals surface area contributed by atoms with Crippen LogP contribution in [0.15, 0.2) is 0 Å². The third kappa shape index (κ3) is 5.92. The molecule has 1 aliphatic rings. The van der Waals surface area contributed by atoms with Crippen LogP contribution in [0.1, 0.15) is 6.42 Å². The van der Waals surface area contributed by atoms with Gasteiger partial charge in [0.25, 0.3) is 0 Å². The van der Waals surface area contributed by atoms with Gasteiger partial charge < -0.3 is 19.8 Å². The average molecular weight is 284 g/mol. The third-order valence-corrected chi connectivity index (χ3v) is 5.84. The largest absolute Gasteiger partial charge is 1.00 e. The molecular weight excluding hydrogens is 278 g/mol. The quantitative estimate of drug-likeness (QED) is 0.218. The summed E-state index contributed by atoms with van der Waals surface area (Å²) < 4.78 is 0. The van der Waals surface area contributed by atoms with Gasteiger partial charge in [-0.05, 0) is 12.2 Å². The molecule has 0 aromatic rings. The number of carbonyl (C=O) groups is 2. The van der Waals surface area contributed by atoms with Crippen molar-refractivity contribution < 1.29 is 123 Å². The molecular formula is C6H6K2O4S2. The van der Waals surface area contributed by atoms with Crippen LogP contribution in [0.2, 0.25) is 0 Å². The summed E-state index contributed by atoms with van der Waals surface area (Å²) in [5.41, 5.74) is 0. The molecule has 0 radical (unpaired) electrons. The first kappa shape index (κ1) is 19.1. The average Bonchev–Trinajstić information content (AvgIpc) is 2.37. The van der Waals surface area contributed by atoms with Crippen LogP contribution in [0.5, 0.6) is 0 Å². The van der Waals surface area contributed by atoms with Crippen LogP contribution in [0, 0.1) is 0 Å². The number of hydrogen-bond acceptors (Lipinski definition) is 5. The van der Waals surface area contributed by atoms with Crippen molar-refractivity contribution in [2.24, 2.45) is 0 Å². The van der Waals surface area contributed by atoms with Crippen molar-refractivity contribution in [2.75, 3.05) is 11.5 Å². The monoisotopic (exact) mass is 284 g/mol. The van der Waals surface area contributed by atoms with Gasteiger partial charge in [0.2, 0.25) is 0 Å². The molecule has 0 bridgehead atoms. The summed E-state index contributed by atoms with van der Waals surface area (Å²) in [5, 5.41) is 20.7. The Balaban J connectivity index is 0. The fourth-order valence-electron chi connectivity index (χ4n) is 0.839. The summed E-state index contributed by atoms with van der Waals surface area (Å²) in [5.74, 6) is -1.78. The van der Waals surface area contributed by atoms with E-state index in [9.17, 15) is 19.8 Å². The normalized spacial score (nSPS) is 19.0. The molecule has 8 heteroatoms. The number of aliphatic carboxylic acids is 2. The van der Waals surface area contributed by atoms with Crippen molar-refractivity contribution in [1.29, 1.82) is 0 Å². The van der Waals surface area contributed by atoms with E-state index < -0.39 is 26.3 Å². The maximum atomic E-state index is 10.4. The first-order valence-corrected chi connectivity index (χ1v) is 6.16. The van der Waals surface area contributed by atoms with Crippen LogP contribution in [0.3, 0.4) is 0 Å². The van der Waals surface area contributed by atoms with Gasteiger partial charge in [-0.15, -0.1) is 9.52 Å². The zero-order valence-electron chi connectivity index (χ0n) is 8.07. The van der Waals surface area contributed by atoms with E-state index in [0.717, 1.165) is 12.2 Å². The van der Waals surface area contributed by atoms with Gasteiger partial charge in [0.15, 0.2) is 0 Å². The van der Waals surface area contributed by atoms with Gasteiger partial charge in [-0.1, -0.05) is 10.8 Å². The van der Waals surface area contributed by atoms with E-state index in [0.29, 0.717) is 5.75 Å². The van der Waals surface area contributed by atoms with E-state index >= 15 is 0 Å². The van der Waals surface area contributed by atoms with Gasteiger partial charge in [-0.25, -0.2) is 0 Å². The summed E-state index contributed by atoms with van der Waals surface area (Å²) in [7, 11) is 0.640. The first-order valence-electron chi connectivity index (χ1n) is 3.26. The topological polar surface area (TPSA) is 80.3 Å². The van der Waals surface area contributed by atoms with E-state index in [4.69, 9.17) is 0 Å². The third-order valence-electron chi connectivity index (χ3n) is 1.30. The zero-order valence-corrected chi connectivity index (χ0v) is 16.0. The Kier molecular flexibility index (Phi) is 13.4. The summed E-state index contributed by atoms with van der Waals surface area (Å²) in [6.07, 6.45) is 0.859. The Bertz CT molecular complexity index is 243. The second-order valence-corrected chi connectivity index (χ2v) is 6.19. The van der Waals surface area contributed by atoms with Crippen molar-refractivity contribution in [1.82, 2.24) is 0 Å². The molecule has 0 amide bonds. The molecule has 0 aromatic carbocycles. The Morgan fingerprint density at radius 1 is 1.14 bits per heavy atom. The van der Waals surface area contributed by atoms with Crippen LogP contribution in [-0.4, -0.2) is 28.3 Å². The van der Waals surface area contributed by atoms with Gasteiger partial charge in [0.1, 0.15) is 0 Å². The Morgan fingerprint density at radius 2 is 1.64 bits per heavy atom. The van der Waals surface area contributed by atoms with Crippen LogP contribution < -0.4 is 113 Å². The van der Waals surface area contributed by atoms with Crippen molar-refractivity contribution in [3.05, 3.63) is 0 Å². The minimum atomic E-state index is -1.60. The van der Waals surface area contributed by atoms with Crippen molar-refractivity contribution in [2.45, 2.75) is 6.42 Å². The first-order chi connectivity index (χ1) is 5.63. The van der Waals surface area contributed by atoms with Gasteiger partial charge in [-0.2, -0.15) is 0 Å². The maximum Gasteiger partial charge on any atom is 1.00 e. The summed E-state index contributed by atoms with van der Waals surface area (Å²) >= 11 is 0. The number of rotatable bonds is 2. The fraction of sp³-hybridized carbons (Fsp3) is 0.500. The minimum Gasteiger partial charge on any atom is -0.544 e. The van der Waals surface area contributed by atoms with Crippen LogP contribution in [0.4, 0.5) is 0 Å². The maximum absolute atomic E-state index is 10.4. The van der Waals surface area contributed by atoms with Crippen molar-refractivity contribution in [3.63, 3.8) is 0 Å². The Morgan fingerprint density at radius 3 is 1.93 bits per heavy atom. The molecule has 1 heterocycles. The predicted molar refractivity (Wildman–Crippen MR) is 44.6 cm³/mol. The molecule has 0 spiro atoms. The van der Waals surface area contributed by atoms with Gasteiger partial charge >= 0.3 is 103 Å². The van der Waals surface area contributed by atoms with Gasteiger partial charge in [-0.3, -0.25) is 0 Å². The molecule has 4 nitrogen and oxygen atoms in total. The smallest absolute Gasteiger partial charge is 0.544 e. The Hall–Kier alpha value is 2.78. The predicted octanol–water partition coefficient (Wildman–Crippen LogP) is -8.01. The molecule has 1 unspecified atom stereocenters. The number of carboxylic acid groups (broad SMARTS) is 2. The molecule has 0 N–H and O–H groups in total. The molecule has 1 rings (SSSR count). The SMILES string of the molecule is O=C([O-])C(C(=O)[O-])=S1CCCS1.[K+].[K+]. The Labute approximate surface area is 173 Å². The molecule has 0 saturated carbocycles. The number of carboxylic acids is 2. The summed E-state index contributed by atoms with van der Waals surface area (Å²) in [6.45, 7) is 0. The van der Waals surface area contributed by atoms with Crippen LogP contribution >= 0.6 is 20.3 Å². The van der Waals surface area contributed by atoms with E-state index in [-0.39, 0.29) is 103 Å². The standard InChI is InChI=1S/C6H8O4S2.2K/c7-5(8)4(6(9)10)12-3-1-2-11-12;;/h1-3H2,(H,7,8)(H,9,10);;/q;2*+1/p-2. The molecule has 0 aromatic heterocycles. The zero-order chi connectivity index (χ0) is 9.14. The molecule has 1 atom stereocenters. The van der Waals surface area contributed by atoms with Crippen LogP contribution in [0.25, 0.3) is 0 Å². The van der Waals surface area contributed by atoms with Gasteiger partial charge in [0, 0.05) is 5.75 Å². The molecule has 14 heavy (non-hydrogen) atoms. The number of hydrogen-bond donors (Lipinski definition) is 0. The van der Waals surface area contributed by atoms with Crippen LogP contribution in [-0.2, 0) is 9.59 Å². The molecule has 68 valence electrons. The van der Waals surface area contributed by atoms with E-state index in [1.807, 2.05) is 0 Å². The molecule has 0 aliphatic carbocycles. The fourth-order valence-corrected chi connectivity index (χ4v) is 5.13. The van der Waals surface area contributed by atoms with E-state index in [1.54, 1.807) is 0 Å². The van der Waals surface area contributed by atoms with E-state index in [2.05, 4.69) is 0 Å². The van der Waals surface area contributed by atoms with E-state index in [1.165, 1.54) is 10.8 Å². The molecule has 1 aliphatic heterocycles.